The highest BCUT2D eigenvalue weighted by Crippen LogP contribution is 2.28. The van der Waals surface area contributed by atoms with Crippen molar-refractivity contribution in [2.24, 2.45) is 5.10 Å². The van der Waals surface area contributed by atoms with E-state index in [1.54, 1.807) is 42.5 Å². The van der Waals surface area contributed by atoms with E-state index in [1.807, 2.05) is 19.1 Å². The highest BCUT2D eigenvalue weighted by Gasteiger charge is 2.15. The first-order chi connectivity index (χ1) is 16.3. The molecule has 0 radical (unpaired) electrons. The van der Waals surface area contributed by atoms with Crippen molar-refractivity contribution in [3.63, 3.8) is 0 Å². The number of halogens is 1. The molecule has 0 fully saturated rings. The van der Waals surface area contributed by atoms with Crippen molar-refractivity contribution in [2.75, 3.05) is 13.7 Å². The van der Waals surface area contributed by atoms with Crippen LogP contribution < -0.4 is 19.6 Å². The van der Waals surface area contributed by atoms with E-state index < -0.39 is 22.5 Å². The van der Waals surface area contributed by atoms with Gasteiger partial charge in [0.15, 0.2) is 11.5 Å². The minimum Gasteiger partial charge on any atom is -0.493 e. The van der Waals surface area contributed by atoms with Crippen LogP contribution in [0.4, 0.5) is 0 Å². The predicted octanol–water partition coefficient (Wildman–Crippen LogP) is 3.66. The number of benzene rings is 3. The summed E-state index contributed by atoms with van der Waals surface area (Å²) in [6, 6.07) is 18.8. The number of carbonyl (C=O) groups excluding carboxylic acids is 1. The Kier molecular flexibility index (Phi) is 8.64. The fourth-order valence-electron chi connectivity index (χ4n) is 2.81. The molecule has 0 bridgehead atoms. The van der Waals surface area contributed by atoms with Crippen LogP contribution in [0.2, 0.25) is 5.02 Å². The smallest absolute Gasteiger partial charge is 0.255 e. The molecule has 0 saturated carbocycles. The second-order valence-electron chi connectivity index (χ2n) is 7.26. The molecule has 0 saturated heterocycles. The average molecular weight is 502 g/mol. The summed E-state index contributed by atoms with van der Waals surface area (Å²) in [5.41, 5.74) is 4.83. The Balaban J connectivity index is 1.52. The Morgan fingerprint density at radius 2 is 1.74 bits per heavy atom. The number of carbonyl (C=O) groups is 1. The lowest BCUT2D eigenvalue weighted by molar-refractivity contribution is -0.119. The summed E-state index contributed by atoms with van der Waals surface area (Å²) in [5, 5.41) is 4.52. The van der Waals surface area contributed by atoms with Crippen molar-refractivity contribution < 1.29 is 22.7 Å². The Morgan fingerprint density at radius 1 is 1.03 bits per heavy atom. The third-order valence-electron chi connectivity index (χ3n) is 4.65. The second-order valence-corrected chi connectivity index (χ2v) is 9.46. The van der Waals surface area contributed by atoms with Gasteiger partial charge >= 0.3 is 0 Å². The van der Waals surface area contributed by atoms with E-state index >= 15 is 0 Å². The van der Waals surface area contributed by atoms with Gasteiger partial charge in [0.2, 0.25) is 10.0 Å². The molecular weight excluding hydrogens is 478 g/mol. The van der Waals surface area contributed by atoms with Crippen LogP contribution >= 0.6 is 11.6 Å². The summed E-state index contributed by atoms with van der Waals surface area (Å²) in [6.45, 7) is 1.75. The topological polar surface area (TPSA) is 106 Å². The average Bonchev–Trinajstić information content (AvgIpc) is 2.83. The third kappa shape index (κ3) is 7.31. The first kappa shape index (κ1) is 25.2. The zero-order valence-electron chi connectivity index (χ0n) is 18.6. The zero-order chi connectivity index (χ0) is 24.6. The Bertz CT molecular complexity index is 1260. The number of hydrogen-bond acceptors (Lipinski definition) is 6. The van der Waals surface area contributed by atoms with Gasteiger partial charge < -0.3 is 9.47 Å². The van der Waals surface area contributed by atoms with Gasteiger partial charge in [-0.2, -0.15) is 5.10 Å². The lowest BCUT2D eigenvalue weighted by atomic mass is 10.2. The molecular formula is C24H24ClN3O5S. The lowest BCUT2D eigenvalue weighted by Crippen LogP contribution is -2.34. The quantitative estimate of drug-likeness (QED) is 0.326. The standard InChI is InChI=1S/C24H24ClN3O5S/c1-17-3-10-21(11-4-17)34(30,31)27-15-24(29)28-26-14-19-7-12-22(23(13-19)32-2)33-16-18-5-8-20(25)9-6-18/h3-14,27H,15-16H2,1-2H3,(H,28,29)/b26-14-. The van der Waals surface area contributed by atoms with E-state index in [1.165, 1.54) is 25.5 Å². The van der Waals surface area contributed by atoms with Crippen molar-refractivity contribution in [3.05, 3.63) is 88.4 Å². The van der Waals surface area contributed by atoms with Crippen LogP contribution in [-0.4, -0.2) is 34.2 Å². The lowest BCUT2D eigenvalue weighted by Gasteiger charge is -2.11. The highest BCUT2D eigenvalue weighted by molar-refractivity contribution is 7.89. The molecule has 1 amide bonds. The normalized spacial score (nSPS) is 11.4. The van der Waals surface area contributed by atoms with Gasteiger partial charge in [0.25, 0.3) is 5.91 Å². The van der Waals surface area contributed by atoms with Crippen LogP contribution in [0.5, 0.6) is 11.5 Å². The molecule has 0 aliphatic rings. The van der Waals surface area contributed by atoms with Crippen LogP contribution in [0.15, 0.2) is 76.7 Å². The number of aryl methyl sites for hydroxylation is 1. The minimum atomic E-state index is -3.79. The van der Waals surface area contributed by atoms with Gasteiger partial charge in [0.05, 0.1) is 24.8 Å². The van der Waals surface area contributed by atoms with Gasteiger partial charge in [0, 0.05) is 5.02 Å². The molecule has 0 aliphatic carbocycles. The largest absolute Gasteiger partial charge is 0.493 e. The monoisotopic (exact) mass is 501 g/mol. The van der Waals surface area contributed by atoms with Crippen molar-refractivity contribution >= 4 is 33.7 Å². The van der Waals surface area contributed by atoms with Crippen LogP contribution in [0.1, 0.15) is 16.7 Å². The number of ether oxygens (including phenoxy) is 2. The van der Waals surface area contributed by atoms with Gasteiger partial charge in [-0.3, -0.25) is 4.79 Å². The molecule has 0 spiro atoms. The summed E-state index contributed by atoms with van der Waals surface area (Å²) in [7, 11) is -2.27. The molecule has 0 aromatic heterocycles. The number of rotatable bonds is 10. The number of hydrogen-bond donors (Lipinski definition) is 2. The van der Waals surface area contributed by atoms with Crippen molar-refractivity contribution in [3.8, 4) is 11.5 Å². The Hall–Kier alpha value is -3.40. The molecule has 0 unspecified atom stereocenters. The van der Waals surface area contributed by atoms with Gasteiger partial charge in [0.1, 0.15) is 6.61 Å². The van der Waals surface area contributed by atoms with Gasteiger partial charge in [-0.1, -0.05) is 41.4 Å². The number of hydrazone groups is 1. The van der Waals surface area contributed by atoms with E-state index in [0.29, 0.717) is 28.7 Å². The molecule has 0 aliphatic heterocycles. The van der Waals surface area contributed by atoms with Crippen LogP contribution in [0, 0.1) is 6.92 Å². The maximum absolute atomic E-state index is 12.2. The van der Waals surface area contributed by atoms with Crippen LogP contribution in [-0.2, 0) is 21.4 Å². The molecule has 178 valence electrons. The van der Waals surface area contributed by atoms with Crippen molar-refractivity contribution in [2.45, 2.75) is 18.4 Å². The molecule has 0 atom stereocenters. The molecule has 3 aromatic rings. The van der Waals surface area contributed by atoms with E-state index in [0.717, 1.165) is 11.1 Å². The predicted molar refractivity (Wildman–Crippen MR) is 131 cm³/mol. The summed E-state index contributed by atoms with van der Waals surface area (Å²) in [5.74, 6) is 0.432. The van der Waals surface area contributed by atoms with Gasteiger partial charge in [-0.05, 0) is 60.5 Å². The highest BCUT2D eigenvalue weighted by atomic mass is 35.5. The fourth-order valence-corrected chi connectivity index (χ4v) is 3.91. The molecule has 3 rings (SSSR count). The van der Waals surface area contributed by atoms with E-state index in [9.17, 15) is 13.2 Å². The Morgan fingerprint density at radius 3 is 2.41 bits per heavy atom. The number of amides is 1. The summed E-state index contributed by atoms with van der Waals surface area (Å²) in [6.07, 6.45) is 1.41. The van der Waals surface area contributed by atoms with Crippen molar-refractivity contribution in [1.29, 1.82) is 0 Å². The molecule has 8 nitrogen and oxygen atoms in total. The molecule has 34 heavy (non-hydrogen) atoms. The van der Waals surface area contributed by atoms with Gasteiger partial charge in [-0.15, -0.1) is 0 Å². The SMILES string of the molecule is COc1cc(/C=N\NC(=O)CNS(=O)(=O)c2ccc(C)cc2)ccc1OCc1ccc(Cl)cc1. The van der Waals surface area contributed by atoms with Crippen LogP contribution in [0.3, 0.4) is 0 Å². The molecule has 10 heteroatoms. The van der Waals surface area contributed by atoms with Crippen LogP contribution in [0.25, 0.3) is 0 Å². The molecule has 3 aromatic carbocycles. The van der Waals surface area contributed by atoms with Gasteiger partial charge in [-0.25, -0.2) is 18.6 Å². The summed E-state index contributed by atoms with van der Waals surface area (Å²) < 4.78 is 37.9. The maximum Gasteiger partial charge on any atom is 0.255 e. The summed E-state index contributed by atoms with van der Waals surface area (Å²) >= 11 is 5.89. The molecule has 2 N–H and O–H groups in total. The maximum atomic E-state index is 12.2. The van der Waals surface area contributed by atoms with E-state index in [2.05, 4.69) is 15.2 Å². The number of methoxy groups -OCH3 is 1. The first-order valence-corrected chi connectivity index (χ1v) is 12.1. The Labute approximate surface area is 203 Å². The second kappa shape index (κ2) is 11.6. The number of sulfonamides is 1. The minimum absolute atomic E-state index is 0.0832. The third-order valence-corrected chi connectivity index (χ3v) is 6.32. The number of nitrogens with one attached hydrogen (secondary N) is 2. The summed E-state index contributed by atoms with van der Waals surface area (Å²) in [4.78, 5) is 12.1. The molecule has 0 heterocycles. The zero-order valence-corrected chi connectivity index (χ0v) is 20.2. The van der Waals surface area contributed by atoms with E-state index in [-0.39, 0.29) is 4.90 Å². The van der Waals surface area contributed by atoms with E-state index in [4.69, 9.17) is 21.1 Å². The van der Waals surface area contributed by atoms with Crippen molar-refractivity contribution in [1.82, 2.24) is 10.1 Å². The fraction of sp³-hybridized carbons (Fsp3) is 0.167. The number of nitrogens with zero attached hydrogens (tertiary/aromatic N) is 1. The first-order valence-electron chi connectivity index (χ1n) is 10.2.